The van der Waals surface area contributed by atoms with E-state index in [1.54, 1.807) is 24.7 Å². The van der Waals surface area contributed by atoms with Crippen LogP contribution in [-0.4, -0.2) is 33.1 Å². The Bertz CT molecular complexity index is 831. The lowest BCUT2D eigenvalue weighted by molar-refractivity contribution is -0.384. The summed E-state index contributed by atoms with van der Waals surface area (Å²) in [6, 6.07) is 4.98. The average Bonchev–Trinajstić information content (AvgIpc) is 3.12. The first-order valence-electron chi connectivity index (χ1n) is 8.41. The fourth-order valence-corrected chi connectivity index (χ4v) is 2.92. The van der Waals surface area contributed by atoms with Crippen LogP contribution in [0.15, 0.2) is 35.8 Å². The smallest absolute Gasteiger partial charge is 0.292 e. The molecule has 3 N–H and O–H groups in total. The average molecular weight is 356 g/mol. The van der Waals surface area contributed by atoms with Gasteiger partial charge in [0.2, 0.25) is 5.91 Å². The van der Waals surface area contributed by atoms with Crippen LogP contribution in [0.2, 0.25) is 0 Å². The van der Waals surface area contributed by atoms with Crippen LogP contribution in [0.4, 0.5) is 11.4 Å². The SMILES string of the molecule is CC1CC(=O)NN=C1c1ccc(NCCCc2cnc[nH]2)c([N+](=O)[O-])c1. The van der Waals surface area contributed by atoms with Gasteiger partial charge >= 0.3 is 0 Å². The lowest BCUT2D eigenvalue weighted by Gasteiger charge is -2.19. The van der Waals surface area contributed by atoms with Crippen molar-refractivity contribution in [1.29, 1.82) is 0 Å². The van der Waals surface area contributed by atoms with Crippen LogP contribution in [0, 0.1) is 16.0 Å². The van der Waals surface area contributed by atoms with E-state index in [0.717, 1.165) is 18.5 Å². The van der Waals surface area contributed by atoms with Gasteiger partial charge in [-0.15, -0.1) is 0 Å². The number of aromatic amines is 1. The molecule has 2 aromatic rings. The summed E-state index contributed by atoms with van der Waals surface area (Å²) in [4.78, 5) is 29.4. The lowest BCUT2D eigenvalue weighted by Crippen LogP contribution is -2.32. The number of carbonyl (C=O) groups is 1. The highest BCUT2D eigenvalue weighted by Gasteiger charge is 2.24. The van der Waals surface area contributed by atoms with Gasteiger partial charge in [0.05, 0.1) is 17.0 Å². The Morgan fingerprint density at radius 2 is 2.27 bits per heavy atom. The number of aromatic nitrogens is 2. The molecule has 0 radical (unpaired) electrons. The number of nitrogens with one attached hydrogen (secondary N) is 3. The van der Waals surface area contributed by atoms with E-state index in [2.05, 4.69) is 25.8 Å². The molecule has 1 aliphatic rings. The number of hydrogen-bond donors (Lipinski definition) is 3. The Hall–Kier alpha value is -3.23. The van der Waals surface area contributed by atoms with Gasteiger partial charge < -0.3 is 10.3 Å². The molecule has 0 fully saturated rings. The van der Waals surface area contributed by atoms with Crippen LogP contribution in [0.5, 0.6) is 0 Å². The number of rotatable bonds is 7. The molecule has 136 valence electrons. The molecular formula is C17H20N6O3. The third-order valence-corrected chi connectivity index (χ3v) is 4.24. The van der Waals surface area contributed by atoms with Crippen LogP contribution in [0.3, 0.4) is 0 Å². The highest BCUT2D eigenvalue weighted by Crippen LogP contribution is 2.28. The van der Waals surface area contributed by atoms with Crippen LogP contribution in [-0.2, 0) is 11.2 Å². The molecule has 0 saturated heterocycles. The highest BCUT2D eigenvalue weighted by atomic mass is 16.6. The van der Waals surface area contributed by atoms with Gasteiger partial charge in [-0.25, -0.2) is 10.4 Å². The summed E-state index contributed by atoms with van der Waals surface area (Å²) in [6.07, 6.45) is 5.34. The van der Waals surface area contributed by atoms with E-state index < -0.39 is 4.92 Å². The van der Waals surface area contributed by atoms with Crippen molar-refractivity contribution in [1.82, 2.24) is 15.4 Å². The molecule has 0 bridgehead atoms. The van der Waals surface area contributed by atoms with Crippen molar-refractivity contribution in [3.63, 3.8) is 0 Å². The van der Waals surface area contributed by atoms with Crippen molar-refractivity contribution in [2.45, 2.75) is 26.2 Å². The minimum Gasteiger partial charge on any atom is -0.379 e. The normalized spacial score (nSPS) is 16.7. The fraction of sp³-hybridized carbons (Fsp3) is 0.353. The number of hydrazone groups is 1. The van der Waals surface area contributed by atoms with Crippen molar-refractivity contribution in [2.24, 2.45) is 11.0 Å². The predicted octanol–water partition coefficient (Wildman–Crippen LogP) is 2.22. The fourth-order valence-electron chi connectivity index (χ4n) is 2.92. The van der Waals surface area contributed by atoms with Gasteiger partial charge in [-0.2, -0.15) is 5.10 Å². The van der Waals surface area contributed by atoms with Gasteiger partial charge in [0.1, 0.15) is 5.69 Å². The second-order valence-corrected chi connectivity index (χ2v) is 6.23. The van der Waals surface area contributed by atoms with Gasteiger partial charge in [0.15, 0.2) is 0 Å². The number of benzene rings is 1. The van der Waals surface area contributed by atoms with Crippen molar-refractivity contribution in [2.75, 3.05) is 11.9 Å². The number of carbonyl (C=O) groups excluding carboxylic acids is 1. The van der Waals surface area contributed by atoms with E-state index in [4.69, 9.17) is 0 Å². The van der Waals surface area contributed by atoms with Crippen molar-refractivity contribution >= 4 is 23.0 Å². The van der Waals surface area contributed by atoms with E-state index >= 15 is 0 Å². The number of nitro benzene ring substituents is 1. The highest BCUT2D eigenvalue weighted by molar-refractivity contribution is 6.06. The molecule has 1 aromatic heterocycles. The number of anilines is 1. The molecule has 1 amide bonds. The van der Waals surface area contributed by atoms with E-state index in [1.165, 1.54) is 6.07 Å². The van der Waals surface area contributed by atoms with Crippen LogP contribution in [0.25, 0.3) is 0 Å². The van der Waals surface area contributed by atoms with E-state index in [0.29, 0.717) is 29.9 Å². The van der Waals surface area contributed by atoms with E-state index in [-0.39, 0.29) is 17.5 Å². The molecule has 1 aromatic carbocycles. The zero-order chi connectivity index (χ0) is 18.5. The molecule has 3 rings (SSSR count). The molecule has 9 heteroatoms. The predicted molar refractivity (Wildman–Crippen MR) is 97.0 cm³/mol. The second kappa shape index (κ2) is 7.77. The van der Waals surface area contributed by atoms with Crippen LogP contribution in [0.1, 0.15) is 31.0 Å². The molecule has 0 spiro atoms. The Morgan fingerprint density at radius 1 is 1.42 bits per heavy atom. The summed E-state index contributed by atoms with van der Waals surface area (Å²) in [6.45, 7) is 2.48. The molecule has 1 aliphatic heterocycles. The largest absolute Gasteiger partial charge is 0.379 e. The Kier molecular flexibility index (Phi) is 5.26. The number of imidazole rings is 1. The van der Waals surface area contributed by atoms with Crippen LogP contribution >= 0.6 is 0 Å². The standard InChI is InChI=1S/C17H20N6O3/c1-11-7-16(24)21-22-17(11)12-4-5-14(15(8-12)23(25)26)19-6-2-3-13-9-18-10-20-13/h4-5,8-11,19H,2-3,6-7H2,1H3,(H,18,20)(H,21,24). The topological polar surface area (TPSA) is 125 Å². The minimum absolute atomic E-state index is 0.00385. The number of hydrogen-bond acceptors (Lipinski definition) is 6. The lowest BCUT2D eigenvalue weighted by atomic mass is 9.93. The van der Waals surface area contributed by atoms with Crippen molar-refractivity contribution < 1.29 is 9.72 Å². The second-order valence-electron chi connectivity index (χ2n) is 6.23. The molecule has 0 aliphatic carbocycles. The first-order valence-corrected chi connectivity index (χ1v) is 8.41. The van der Waals surface area contributed by atoms with E-state index in [1.807, 2.05) is 6.92 Å². The maximum atomic E-state index is 11.5. The zero-order valence-electron chi connectivity index (χ0n) is 14.4. The maximum Gasteiger partial charge on any atom is 0.292 e. The monoisotopic (exact) mass is 356 g/mol. The molecule has 0 saturated carbocycles. The zero-order valence-corrected chi connectivity index (χ0v) is 14.4. The number of H-pyrrole nitrogens is 1. The Morgan fingerprint density at radius 3 is 2.96 bits per heavy atom. The van der Waals surface area contributed by atoms with Crippen molar-refractivity contribution in [3.8, 4) is 0 Å². The van der Waals surface area contributed by atoms with Gasteiger partial charge in [0.25, 0.3) is 5.69 Å². The first-order chi connectivity index (χ1) is 12.5. The molecular weight excluding hydrogens is 336 g/mol. The van der Waals surface area contributed by atoms with Crippen molar-refractivity contribution in [3.05, 3.63) is 52.1 Å². The summed E-state index contributed by atoms with van der Waals surface area (Å²) in [5.74, 6) is -0.233. The summed E-state index contributed by atoms with van der Waals surface area (Å²) in [5, 5.41) is 18.6. The number of nitrogens with zero attached hydrogens (tertiary/aromatic N) is 3. The number of aryl methyl sites for hydroxylation is 1. The molecule has 1 unspecified atom stereocenters. The van der Waals surface area contributed by atoms with Gasteiger partial charge in [-0.05, 0) is 18.9 Å². The molecule has 9 nitrogen and oxygen atoms in total. The molecule has 2 heterocycles. The van der Waals surface area contributed by atoms with Gasteiger partial charge in [-0.3, -0.25) is 14.9 Å². The number of nitro groups is 1. The van der Waals surface area contributed by atoms with E-state index in [9.17, 15) is 14.9 Å². The summed E-state index contributed by atoms with van der Waals surface area (Å²) < 4.78 is 0. The maximum absolute atomic E-state index is 11.5. The first kappa shape index (κ1) is 17.6. The summed E-state index contributed by atoms with van der Waals surface area (Å²) in [7, 11) is 0. The Balaban J connectivity index is 1.70. The number of amides is 1. The minimum atomic E-state index is -0.409. The van der Waals surface area contributed by atoms with Gasteiger partial charge in [0, 0.05) is 42.4 Å². The quantitative estimate of drug-likeness (QED) is 0.398. The third-order valence-electron chi connectivity index (χ3n) is 4.24. The van der Waals surface area contributed by atoms with Crippen LogP contribution < -0.4 is 10.7 Å². The summed E-state index contributed by atoms with van der Waals surface area (Å²) >= 11 is 0. The molecule has 26 heavy (non-hydrogen) atoms. The van der Waals surface area contributed by atoms with Gasteiger partial charge in [-0.1, -0.05) is 13.0 Å². The third kappa shape index (κ3) is 4.05. The molecule has 1 atom stereocenters. The summed E-state index contributed by atoms with van der Waals surface area (Å²) in [5.41, 5.74) is 5.23. The Labute approximate surface area is 150 Å².